The van der Waals surface area contributed by atoms with Crippen LogP contribution in [0.2, 0.25) is 0 Å². The van der Waals surface area contributed by atoms with Gasteiger partial charge in [0.25, 0.3) is 0 Å². The first-order valence-corrected chi connectivity index (χ1v) is 8.98. The summed E-state index contributed by atoms with van der Waals surface area (Å²) in [5.41, 5.74) is 3.50. The minimum Gasteiger partial charge on any atom is -0.467 e. The molecule has 2 N–H and O–H groups in total. The van der Waals surface area contributed by atoms with Crippen LogP contribution in [-0.4, -0.2) is 22.6 Å². The molecule has 0 fully saturated rings. The average Bonchev–Trinajstić information content (AvgIpc) is 3.27. The Morgan fingerprint density at radius 1 is 1.07 bits per heavy atom. The van der Waals surface area contributed by atoms with E-state index >= 15 is 0 Å². The Labute approximate surface area is 158 Å². The summed E-state index contributed by atoms with van der Waals surface area (Å²) in [7, 11) is 0. The molecular formula is C22H24N2O3. The topological polar surface area (TPSA) is 75.1 Å². The lowest BCUT2D eigenvalue weighted by atomic mass is 10.00. The lowest BCUT2D eigenvalue weighted by Crippen LogP contribution is -2.37. The maximum absolute atomic E-state index is 13.1. The standard InChI is InChI=1S/C22H24N2O3/c1-13-19(16(4)25)14(2)23-20(13)22(26)15(3)24-21(18-11-8-12-27-18)17-9-6-5-7-10-17/h5-12,15,21,23-24H,1-4H3/t15-,21-/m1/s1. The molecule has 0 spiro atoms. The zero-order valence-electron chi connectivity index (χ0n) is 16.0. The summed E-state index contributed by atoms with van der Waals surface area (Å²) in [6.45, 7) is 6.96. The minimum absolute atomic E-state index is 0.0429. The molecule has 2 atom stereocenters. The Kier molecular flexibility index (Phi) is 5.42. The van der Waals surface area contributed by atoms with Gasteiger partial charge in [0.15, 0.2) is 11.6 Å². The van der Waals surface area contributed by atoms with E-state index in [0.717, 1.165) is 17.0 Å². The summed E-state index contributed by atoms with van der Waals surface area (Å²) in [6, 6.07) is 12.8. The summed E-state index contributed by atoms with van der Waals surface area (Å²) in [6.07, 6.45) is 1.62. The zero-order valence-corrected chi connectivity index (χ0v) is 16.0. The molecule has 0 saturated heterocycles. The number of nitrogens with one attached hydrogen (secondary N) is 2. The number of aromatic nitrogens is 1. The predicted octanol–water partition coefficient (Wildman–Crippen LogP) is 4.38. The molecule has 0 aliphatic rings. The Bertz CT molecular complexity index is 940. The molecule has 3 rings (SSSR count). The van der Waals surface area contributed by atoms with Crippen LogP contribution in [0.25, 0.3) is 0 Å². The number of Topliss-reactive ketones (excluding diaryl/α,β-unsaturated/α-hetero) is 2. The van der Waals surface area contributed by atoms with Gasteiger partial charge in [-0.3, -0.25) is 14.9 Å². The van der Waals surface area contributed by atoms with Crippen LogP contribution in [0, 0.1) is 13.8 Å². The number of aryl methyl sites for hydroxylation is 1. The van der Waals surface area contributed by atoms with Crippen molar-refractivity contribution in [3.8, 4) is 0 Å². The summed E-state index contributed by atoms with van der Waals surface area (Å²) in [4.78, 5) is 28.0. The summed E-state index contributed by atoms with van der Waals surface area (Å²) < 4.78 is 5.59. The maximum atomic E-state index is 13.1. The van der Waals surface area contributed by atoms with Gasteiger partial charge in [0.05, 0.1) is 24.0 Å². The number of aromatic amines is 1. The molecule has 0 radical (unpaired) electrons. The van der Waals surface area contributed by atoms with E-state index in [2.05, 4.69) is 10.3 Å². The number of hydrogen-bond donors (Lipinski definition) is 2. The van der Waals surface area contributed by atoms with Gasteiger partial charge in [-0.1, -0.05) is 30.3 Å². The number of hydrogen-bond acceptors (Lipinski definition) is 4. The van der Waals surface area contributed by atoms with Crippen molar-refractivity contribution in [2.75, 3.05) is 0 Å². The number of ketones is 2. The van der Waals surface area contributed by atoms with Gasteiger partial charge < -0.3 is 9.40 Å². The van der Waals surface area contributed by atoms with E-state index in [-0.39, 0.29) is 17.6 Å². The molecule has 0 aliphatic carbocycles. The molecule has 0 unspecified atom stereocenters. The first-order chi connectivity index (χ1) is 12.9. The van der Waals surface area contributed by atoms with Crippen LogP contribution >= 0.6 is 0 Å². The second-order valence-corrected chi connectivity index (χ2v) is 6.79. The molecule has 27 heavy (non-hydrogen) atoms. The van der Waals surface area contributed by atoms with Crippen molar-refractivity contribution < 1.29 is 14.0 Å². The maximum Gasteiger partial charge on any atom is 0.195 e. The molecule has 5 nitrogen and oxygen atoms in total. The number of carbonyl (C=O) groups is 2. The van der Waals surface area contributed by atoms with Gasteiger partial charge in [-0.05, 0) is 51.0 Å². The van der Waals surface area contributed by atoms with Crippen molar-refractivity contribution in [1.29, 1.82) is 0 Å². The molecule has 2 heterocycles. The van der Waals surface area contributed by atoms with Crippen molar-refractivity contribution in [2.24, 2.45) is 0 Å². The fourth-order valence-corrected chi connectivity index (χ4v) is 3.51. The van der Waals surface area contributed by atoms with Gasteiger partial charge in [-0.2, -0.15) is 0 Å². The monoisotopic (exact) mass is 364 g/mol. The van der Waals surface area contributed by atoms with Gasteiger partial charge in [0, 0.05) is 11.3 Å². The highest BCUT2D eigenvalue weighted by atomic mass is 16.3. The van der Waals surface area contributed by atoms with E-state index in [0.29, 0.717) is 16.8 Å². The fraction of sp³-hybridized carbons (Fsp3) is 0.273. The molecule has 0 aliphatic heterocycles. The molecule has 0 bridgehead atoms. The molecule has 140 valence electrons. The number of H-pyrrole nitrogens is 1. The van der Waals surface area contributed by atoms with E-state index in [4.69, 9.17) is 4.42 Å². The SMILES string of the molecule is CC(=O)c1c(C)[nH]c(C(=O)[C@@H](C)N[C@H](c2ccccc2)c2ccco2)c1C. The minimum atomic E-state index is -0.475. The zero-order chi connectivity index (χ0) is 19.6. The van der Waals surface area contributed by atoms with Crippen LogP contribution in [-0.2, 0) is 0 Å². The van der Waals surface area contributed by atoms with Crippen molar-refractivity contribution >= 4 is 11.6 Å². The van der Waals surface area contributed by atoms with Gasteiger partial charge in [-0.15, -0.1) is 0 Å². The van der Waals surface area contributed by atoms with E-state index in [9.17, 15) is 9.59 Å². The van der Waals surface area contributed by atoms with E-state index < -0.39 is 6.04 Å². The molecule has 5 heteroatoms. The molecule has 3 aromatic rings. The van der Waals surface area contributed by atoms with Gasteiger partial charge in [0.2, 0.25) is 0 Å². The molecule has 2 aromatic heterocycles. The normalized spacial score (nSPS) is 13.3. The Hall–Kier alpha value is -2.92. The Balaban J connectivity index is 1.88. The average molecular weight is 364 g/mol. The van der Waals surface area contributed by atoms with E-state index in [1.165, 1.54) is 6.92 Å². The van der Waals surface area contributed by atoms with E-state index in [1.54, 1.807) is 13.2 Å². The lowest BCUT2D eigenvalue weighted by molar-refractivity contribution is 0.0940. The van der Waals surface area contributed by atoms with Crippen LogP contribution in [0.4, 0.5) is 0 Å². The molecule has 0 saturated carbocycles. The molecular weight excluding hydrogens is 340 g/mol. The summed E-state index contributed by atoms with van der Waals surface area (Å²) in [5, 5.41) is 3.37. The van der Waals surface area contributed by atoms with Crippen LogP contribution in [0.1, 0.15) is 63.3 Å². The van der Waals surface area contributed by atoms with Gasteiger partial charge in [-0.25, -0.2) is 0 Å². The third-order valence-electron chi connectivity index (χ3n) is 4.81. The third-order valence-corrected chi connectivity index (χ3v) is 4.81. The second kappa shape index (κ2) is 7.76. The lowest BCUT2D eigenvalue weighted by Gasteiger charge is -2.21. The van der Waals surface area contributed by atoms with Crippen molar-refractivity contribution in [3.05, 3.63) is 82.6 Å². The van der Waals surface area contributed by atoms with Crippen molar-refractivity contribution in [2.45, 2.75) is 39.8 Å². The first-order valence-electron chi connectivity index (χ1n) is 8.98. The quantitative estimate of drug-likeness (QED) is 0.610. The number of carbonyl (C=O) groups excluding carboxylic acids is 2. The highest BCUT2D eigenvalue weighted by Crippen LogP contribution is 2.25. The Morgan fingerprint density at radius 2 is 1.78 bits per heavy atom. The Morgan fingerprint density at radius 3 is 2.33 bits per heavy atom. The van der Waals surface area contributed by atoms with Crippen molar-refractivity contribution in [3.63, 3.8) is 0 Å². The molecule has 1 aromatic carbocycles. The number of rotatable bonds is 7. The number of furan rings is 1. The third kappa shape index (κ3) is 3.78. The van der Waals surface area contributed by atoms with Gasteiger partial charge >= 0.3 is 0 Å². The molecule has 0 amide bonds. The van der Waals surface area contributed by atoms with Crippen LogP contribution in [0.3, 0.4) is 0 Å². The summed E-state index contributed by atoms with van der Waals surface area (Å²) in [5.74, 6) is 0.610. The van der Waals surface area contributed by atoms with Crippen molar-refractivity contribution in [1.82, 2.24) is 10.3 Å². The second-order valence-electron chi connectivity index (χ2n) is 6.79. The van der Waals surface area contributed by atoms with Crippen LogP contribution in [0.15, 0.2) is 53.1 Å². The first kappa shape index (κ1) is 18.9. The smallest absolute Gasteiger partial charge is 0.195 e. The highest BCUT2D eigenvalue weighted by molar-refractivity contribution is 6.05. The predicted molar refractivity (Wildman–Crippen MR) is 104 cm³/mol. The summed E-state index contributed by atoms with van der Waals surface area (Å²) >= 11 is 0. The number of benzene rings is 1. The highest BCUT2D eigenvalue weighted by Gasteiger charge is 2.27. The van der Waals surface area contributed by atoms with Gasteiger partial charge in [0.1, 0.15) is 5.76 Å². The van der Waals surface area contributed by atoms with Crippen LogP contribution in [0.5, 0.6) is 0 Å². The largest absolute Gasteiger partial charge is 0.467 e. The fourth-order valence-electron chi connectivity index (χ4n) is 3.51. The van der Waals surface area contributed by atoms with E-state index in [1.807, 2.05) is 56.3 Å². The van der Waals surface area contributed by atoms with Crippen LogP contribution < -0.4 is 5.32 Å².